The van der Waals surface area contributed by atoms with E-state index in [4.69, 9.17) is 9.15 Å². The fourth-order valence-corrected chi connectivity index (χ4v) is 4.59. The Morgan fingerprint density at radius 1 is 1.15 bits per heavy atom. The number of oxazole rings is 1. The number of piperidine rings is 1. The van der Waals surface area contributed by atoms with Crippen molar-refractivity contribution >= 4 is 5.91 Å². The van der Waals surface area contributed by atoms with Gasteiger partial charge in [-0.1, -0.05) is 30.3 Å². The summed E-state index contributed by atoms with van der Waals surface area (Å²) in [4.78, 5) is 23.7. The largest absolute Gasteiger partial charge is 0.447 e. The van der Waals surface area contributed by atoms with E-state index < -0.39 is 6.10 Å². The molecule has 0 bridgehead atoms. The lowest BCUT2D eigenvalue weighted by Gasteiger charge is -2.34. The number of hydrogen-bond acceptors (Lipinski definition) is 7. The second-order valence-corrected chi connectivity index (χ2v) is 9.20. The highest BCUT2D eigenvalue weighted by Crippen LogP contribution is 2.19. The van der Waals surface area contributed by atoms with Crippen LogP contribution in [0.5, 0.6) is 0 Å². The Kier molecular flexibility index (Phi) is 8.50. The molecule has 2 fully saturated rings. The van der Waals surface area contributed by atoms with Crippen LogP contribution in [0.4, 0.5) is 0 Å². The molecule has 4 rings (SSSR count). The van der Waals surface area contributed by atoms with Crippen molar-refractivity contribution in [2.45, 2.75) is 51.5 Å². The second kappa shape index (κ2) is 11.7. The third-order valence-corrected chi connectivity index (χ3v) is 6.55. The molecule has 0 spiro atoms. The number of aliphatic hydroxyl groups excluding tert-OH is 1. The maximum atomic E-state index is 12.8. The SMILES string of the molecule is CC1CCCCN1C(=O)c1coc(CN2CCN(CC(O)COCc3ccccc3)CC2)n1. The van der Waals surface area contributed by atoms with Crippen LogP contribution in [-0.4, -0.2) is 88.7 Å². The highest BCUT2D eigenvalue weighted by Gasteiger charge is 2.27. The molecule has 3 heterocycles. The lowest BCUT2D eigenvalue weighted by Crippen LogP contribution is -2.48. The summed E-state index contributed by atoms with van der Waals surface area (Å²) in [5.41, 5.74) is 1.52. The summed E-state index contributed by atoms with van der Waals surface area (Å²) in [6.07, 6.45) is 4.28. The van der Waals surface area contributed by atoms with E-state index >= 15 is 0 Å². The minimum absolute atomic E-state index is 0.0227. The standard InChI is InChI=1S/C25H36N4O4/c1-20-7-5-6-10-29(20)25(31)23-19-33-24(26-23)16-28-13-11-27(12-14-28)15-22(30)18-32-17-21-8-3-2-4-9-21/h2-4,8-9,19-20,22,30H,5-7,10-18H2,1H3. The van der Waals surface area contributed by atoms with Crippen LogP contribution in [0.15, 0.2) is 41.0 Å². The first kappa shape index (κ1) is 23.9. The number of likely N-dealkylation sites (tertiary alicyclic amines) is 1. The summed E-state index contributed by atoms with van der Waals surface area (Å²) in [5, 5.41) is 10.3. The van der Waals surface area contributed by atoms with Gasteiger partial charge in [0.25, 0.3) is 5.91 Å². The van der Waals surface area contributed by atoms with Crippen molar-refractivity contribution in [3.63, 3.8) is 0 Å². The summed E-state index contributed by atoms with van der Waals surface area (Å²) in [6, 6.07) is 10.3. The average molecular weight is 457 g/mol. The number of carbonyl (C=O) groups excluding carboxylic acids is 1. The van der Waals surface area contributed by atoms with Gasteiger partial charge < -0.3 is 19.2 Å². The minimum Gasteiger partial charge on any atom is -0.447 e. The highest BCUT2D eigenvalue weighted by atomic mass is 16.5. The molecular formula is C25H36N4O4. The zero-order chi connectivity index (χ0) is 23.0. The Morgan fingerprint density at radius 3 is 2.67 bits per heavy atom. The Labute approximate surface area is 196 Å². The molecule has 1 aromatic carbocycles. The molecule has 0 saturated carbocycles. The summed E-state index contributed by atoms with van der Waals surface area (Å²) < 4.78 is 11.3. The zero-order valence-corrected chi connectivity index (χ0v) is 19.6. The number of β-amino-alcohol motifs (C(OH)–C–C–N with tert-alkyl or cyclic N) is 1. The lowest BCUT2D eigenvalue weighted by molar-refractivity contribution is 0.000371. The van der Waals surface area contributed by atoms with Crippen LogP contribution in [0.3, 0.4) is 0 Å². The fourth-order valence-electron chi connectivity index (χ4n) is 4.59. The molecular weight excluding hydrogens is 420 g/mol. The summed E-state index contributed by atoms with van der Waals surface area (Å²) in [5.74, 6) is 0.566. The number of amides is 1. The molecule has 2 aliphatic heterocycles. The van der Waals surface area contributed by atoms with Crippen molar-refractivity contribution in [3.05, 3.63) is 53.7 Å². The number of hydrogen-bond donors (Lipinski definition) is 1. The highest BCUT2D eigenvalue weighted by molar-refractivity contribution is 5.92. The number of nitrogens with zero attached hydrogens (tertiary/aromatic N) is 4. The van der Waals surface area contributed by atoms with Crippen LogP contribution in [-0.2, 0) is 17.9 Å². The molecule has 2 unspecified atom stereocenters. The minimum atomic E-state index is -0.502. The third kappa shape index (κ3) is 6.86. The van der Waals surface area contributed by atoms with Gasteiger partial charge in [-0.15, -0.1) is 0 Å². The fraction of sp³-hybridized carbons (Fsp3) is 0.600. The van der Waals surface area contributed by atoms with E-state index in [9.17, 15) is 9.90 Å². The van der Waals surface area contributed by atoms with E-state index in [1.165, 1.54) is 12.7 Å². The number of ether oxygens (including phenoxy) is 1. The molecule has 2 saturated heterocycles. The van der Waals surface area contributed by atoms with Gasteiger partial charge in [0.1, 0.15) is 6.26 Å². The molecule has 1 amide bonds. The van der Waals surface area contributed by atoms with Crippen molar-refractivity contribution in [1.82, 2.24) is 19.7 Å². The Balaban J connectivity index is 1.16. The number of aliphatic hydroxyl groups is 1. The number of carbonyl (C=O) groups is 1. The van der Waals surface area contributed by atoms with Gasteiger partial charge in [-0.2, -0.15) is 0 Å². The lowest BCUT2D eigenvalue weighted by atomic mass is 10.0. The van der Waals surface area contributed by atoms with E-state index in [1.54, 1.807) is 0 Å². The maximum absolute atomic E-state index is 12.8. The van der Waals surface area contributed by atoms with E-state index in [1.807, 2.05) is 35.2 Å². The molecule has 2 aliphatic rings. The summed E-state index contributed by atoms with van der Waals surface area (Å²) >= 11 is 0. The molecule has 0 radical (unpaired) electrons. The maximum Gasteiger partial charge on any atom is 0.276 e. The molecule has 8 heteroatoms. The van der Waals surface area contributed by atoms with Crippen molar-refractivity contribution in [1.29, 1.82) is 0 Å². The Morgan fingerprint density at radius 2 is 1.91 bits per heavy atom. The first-order valence-corrected chi connectivity index (χ1v) is 12.1. The van der Waals surface area contributed by atoms with Gasteiger partial charge in [0.15, 0.2) is 5.69 Å². The van der Waals surface area contributed by atoms with E-state index in [-0.39, 0.29) is 11.9 Å². The number of aromatic nitrogens is 1. The third-order valence-electron chi connectivity index (χ3n) is 6.55. The molecule has 1 aromatic heterocycles. The van der Waals surface area contributed by atoms with Gasteiger partial charge in [-0.3, -0.25) is 14.6 Å². The number of piperazine rings is 1. The molecule has 0 aliphatic carbocycles. The van der Waals surface area contributed by atoms with E-state index in [0.29, 0.717) is 37.9 Å². The van der Waals surface area contributed by atoms with Gasteiger partial charge in [0.2, 0.25) is 5.89 Å². The Hall–Kier alpha value is -2.26. The molecule has 180 valence electrons. The number of rotatable bonds is 9. The van der Waals surface area contributed by atoms with Gasteiger partial charge in [-0.25, -0.2) is 4.98 Å². The quantitative estimate of drug-likeness (QED) is 0.620. The van der Waals surface area contributed by atoms with Crippen LogP contribution in [0.1, 0.15) is 48.1 Å². The first-order valence-electron chi connectivity index (χ1n) is 12.1. The predicted octanol–water partition coefficient (Wildman–Crippen LogP) is 2.38. The zero-order valence-electron chi connectivity index (χ0n) is 19.6. The average Bonchev–Trinajstić information content (AvgIpc) is 3.29. The molecule has 33 heavy (non-hydrogen) atoms. The van der Waals surface area contributed by atoms with E-state index in [0.717, 1.165) is 51.1 Å². The summed E-state index contributed by atoms with van der Waals surface area (Å²) in [7, 11) is 0. The topological polar surface area (TPSA) is 82.3 Å². The molecule has 2 aromatic rings. The van der Waals surface area contributed by atoms with Crippen LogP contribution >= 0.6 is 0 Å². The molecule has 1 N–H and O–H groups in total. The molecule has 8 nitrogen and oxygen atoms in total. The van der Waals surface area contributed by atoms with Gasteiger partial charge >= 0.3 is 0 Å². The van der Waals surface area contributed by atoms with Gasteiger partial charge in [-0.05, 0) is 31.7 Å². The van der Waals surface area contributed by atoms with Crippen LogP contribution in [0.2, 0.25) is 0 Å². The van der Waals surface area contributed by atoms with Gasteiger partial charge in [0.05, 0.1) is 25.9 Å². The van der Waals surface area contributed by atoms with Crippen LogP contribution < -0.4 is 0 Å². The first-order chi connectivity index (χ1) is 16.1. The summed E-state index contributed by atoms with van der Waals surface area (Å²) in [6.45, 7) is 8.42. The normalized spacial score (nSPS) is 21.3. The molecule has 2 atom stereocenters. The second-order valence-electron chi connectivity index (χ2n) is 9.20. The van der Waals surface area contributed by atoms with Crippen molar-refractivity contribution < 1.29 is 19.1 Å². The monoisotopic (exact) mass is 456 g/mol. The smallest absolute Gasteiger partial charge is 0.276 e. The van der Waals surface area contributed by atoms with Gasteiger partial charge in [0, 0.05) is 45.3 Å². The Bertz CT molecular complexity index is 866. The van der Waals surface area contributed by atoms with Crippen molar-refractivity contribution in [3.8, 4) is 0 Å². The van der Waals surface area contributed by atoms with Crippen molar-refractivity contribution in [2.24, 2.45) is 0 Å². The van der Waals surface area contributed by atoms with Crippen molar-refractivity contribution in [2.75, 3.05) is 45.9 Å². The van der Waals surface area contributed by atoms with Crippen LogP contribution in [0, 0.1) is 0 Å². The van der Waals surface area contributed by atoms with Crippen LogP contribution in [0.25, 0.3) is 0 Å². The predicted molar refractivity (Wildman–Crippen MR) is 125 cm³/mol. The number of benzene rings is 1. The van der Waals surface area contributed by atoms with E-state index in [2.05, 4.69) is 21.7 Å².